The maximum Gasteiger partial charge on any atom is 0.163 e. The monoisotopic (exact) mass is 515 g/mol. The van der Waals surface area contributed by atoms with Gasteiger partial charge in [0.1, 0.15) is 11.9 Å². The summed E-state index contributed by atoms with van der Waals surface area (Å²) >= 11 is 1.66. The Morgan fingerprint density at radius 1 is 1.16 bits per heavy atom. The molecule has 1 saturated heterocycles. The molecule has 1 fully saturated rings. The minimum atomic E-state index is -0.328. The summed E-state index contributed by atoms with van der Waals surface area (Å²) in [5.74, 6) is 0.716. The molecule has 5 nitrogen and oxygen atoms in total. The third-order valence-electron chi connectivity index (χ3n) is 6.54. The first-order valence-corrected chi connectivity index (χ1v) is 13.8. The van der Waals surface area contributed by atoms with E-state index in [-0.39, 0.29) is 23.9 Å². The van der Waals surface area contributed by atoms with Crippen molar-refractivity contribution in [2.24, 2.45) is 0 Å². The zero-order valence-electron chi connectivity index (χ0n) is 21.4. The number of Topliss-reactive ketones (excluding diaryl/α,β-unsaturated/α-hetero) is 1. The summed E-state index contributed by atoms with van der Waals surface area (Å²) < 4.78 is 12.3. The highest BCUT2D eigenvalue weighted by Crippen LogP contribution is 2.36. The largest absolute Gasteiger partial charge is 0.507 e. The quantitative estimate of drug-likeness (QED) is 0.225. The number of ether oxygens (including phenoxy) is 2. The molecular formula is C31H33NO4S. The second-order valence-corrected chi connectivity index (χ2v) is 10.3. The van der Waals surface area contributed by atoms with Gasteiger partial charge in [-0.2, -0.15) is 5.26 Å². The van der Waals surface area contributed by atoms with Gasteiger partial charge in [0.15, 0.2) is 12.1 Å². The van der Waals surface area contributed by atoms with Crippen LogP contribution in [-0.4, -0.2) is 23.8 Å². The average molecular weight is 516 g/mol. The summed E-state index contributed by atoms with van der Waals surface area (Å²) in [5.41, 5.74) is 4.91. The normalized spacial score (nSPS) is 16.2. The summed E-state index contributed by atoms with van der Waals surface area (Å²) in [7, 11) is 0. The van der Waals surface area contributed by atoms with E-state index in [0.29, 0.717) is 17.7 Å². The Hall–Kier alpha value is -3.11. The molecule has 0 aliphatic carbocycles. The summed E-state index contributed by atoms with van der Waals surface area (Å²) in [6.45, 7) is 4.25. The van der Waals surface area contributed by atoms with Crippen LogP contribution in [0.15, 0.2) is 65.6 Å². The lowest BCUT2D eigenvalue weighted by molar-refractivity contribution is -0.181. The van der Waals surface area contributed by atoms with E-state index in [1.54, 1.807) is 23.9 Å². The Labute approximate surface area is 223 Å². The zero-order chi connectivity index (χ0) is 26.2. The van der Waals surface area contributed by atoms with Crippen molar-refractivity contribution in [2.75, 3.05) is 6.61 Å². The van der Waals surface area contributed by atoms with Crippen LogP contribution in [0.4, 0.5) is 0 Å². The fraction of sp³-hybridized carbons (Fsp3) is 0.355. The summed E-state index contributed by atoms with van der Waals surface area (Å²) in [5, 5.41) is 20.1. The van der Waals surface area contributed by atoms with Gasteiger partial charge in [0.25, 0.3) is 0 Å². The number of rotatable bonds is 10. The molecule has 3 aromatic rings. The van der Waals surface area contributed by atoms with Gasteiger partial charge in [0.05, 0.1) is 17.2 Å². The average Bonchev–Trinajstić information content (AvgIpc) is 2.93. The van der Waals surface area contributed by atoms with Gasteiger partial charge in [-0.1, -0.05) is 49.7 Å². The SMILES string of the molecule is CCCc1c(SCc2ccc(C(OC3CCCCO3)c3cccc(C#N)c3)cc2)ccc(C(C)=O)c1O. The molecule has 6 heteroatoms. The number of phenolic OH excluding ortho intramolecular Hbond substituents is 1. The lowest BCUT2D eigenvalue weighted by atomic mass is 9.98. The van der Waals surface area contributed by atoms with Gasteiger partial charge < -0.3 is 14.6 Å². The van der Waals surface area contributed by atoms with Crippen LogP contribution in [0.1, 0.15) is 83.8 Å². The van der Waals surface area contributed by atoms with Gasteiger partial charge in [0, 0.05) is 22.8 Å². The Kier molecular flexibility index (Phi) is 9.40. The molecule has 1 N–H and O–H groups in total. The highest BCUT2D eigenvalue weighted by molar-refractivity contribution is 7.98. The lowest BCUT2D eigenvalue weighted by Crippen LogP contribution is -2.25. The predicted octanol–water partition coefficient (Wildman–Crippen LogP) is 7.34. The minimum Gasteiger partial charge on any atom is -0.507 e. The van der Waals surface area contributed by atoms with Gasteiger partial charge >= 0.3 is 0 Å². The van der Waals surface area contributed by atoms with Crippen LogP contribution in [0.2, 0.25) is 0 Å². The molecule has 0 bridgehead atoms. The van der Waals surface area contributed by atoms with Crippen molar-refractivity contribution in [1.82, 2.24) is 0 Å². The van der Waals surface area contributed by atoms with Crippen molar-refractivity contribution < 1.29 is 19.4 Å². The molecule has 2 unspecified atom stereocenters. The van der Waals surface area contributed by atoms with Crippen molar-refractivity contribution in [1.29, 1.82) is 5.26 Å². The lowest BCUT2D eigenvalue weighted by Gasteiger charge is -2.28. The molecule has 3 aromatic carbocycles. The Bertz CT molecular complexity index is 1260. The number of aromatic hydroxyl groups is 1. The highest BCUT2D eigenvalue weighted by atomic mass is 32.2. The van der Waals surface area contributed by atoms with Crippen LogP contribution in [0.25, 0.3) is 0 Å². The maximum atomic E-state index is 11.9. The van der Waals surface area contributed by atoms with Gasteiger partial charge in [-0.05, 0) is 73.6 Å². The zero-order valence-corrected chi connectivity index (χ0v) is 22.2. The van der Waals surface area contributed by atoms with Crippen LogP contribution >= 0.6 is 11.8 Å². The summed E-state index contributed by atoms with van der Waals surface area (Å²) in [6.07, 6.45) is 4.00. The third-order valence-corrected chi connectivity index (χ3v) is 7.71. The number of nitriles is 1. The molecule has 1 heterocycles. The molecule has 0 spiro atoms. The molecule has 1 aliphatic heterocycles. The minimum absolute atomic E-state index is 0.110. The molecule has 37 heavy (non-hydrogen) atoms. The number of hydrogen-bond acceptors (Lipinski definition) is 6. The first-order valence-electron chi connectivity index (χ1n) is 12.8. The van der Waals surface area contributed by atoms with Gasteiger partial charge in [0.2, 0.25) is 0 Å². The van der Waals surface area contributed by atoms with E-state index in [0.717, 1.165) is 65.0 Å². The van der Waals surface area contributed by atoms with Crippen LogP contribution in [0.3, 0.4) is 0 Å². The van der Waals surface area contributed by atoms with Crippen molar-refractivity contribution in [3.05, 3.63) is 94.0 Å². The molecule has 192 valence electrons. The van der Waals surface area contributed by atoms with Crippen LogP contribution in [-0.2, 0) is 21.6 Å². The number of carbonyl (C=O) groups is 1. The Morgan fingerprint density at radius 3 is 2.65 bits per heavy atom. The van der Waals surface area contributed by atoms with Gasteiger partial charge in [-0.3, -0.25) is 4.79 Å². The molecule has 4 rings (SSSR count). The summed E-state index contributed by atoms with van der Waals surface area (Å²) in [4.78, 5) is 12.9. The van der Waals surface area contributed by atoms with Crippen molar-refractivity contribution in [3.63, 3.8) is 0 Å². The number of ketones is 1. The molecule has 1 aliphatic rings. The first kappa shape index (κ1) is 26.9. The number of nitrogens with zero attached hydrogens (tertiary/aromatic N) is 1. The topological polar surface area (TPSA) is 79.5 Å². The fourth-order valence-electron chi connectivity index (χ4n) is 4.57. The molecular weight excluding hydrogens is 482 g/mol. The summed E-state index contributed by atoms with van der Waals surface area (Å²) in [6, 6.07) is 21.8. The number of hydrogen-bond donors (Lipinski definition) is 1. The maximum absolute atomic E-state index is 11.9. The number of carbonyl (C=O) groups excluding carboxylic acids is 1. The first-order chi connectivity index (χ1) is 18.0. The van der Waals surface area contributed by atoms with E-state index in [1.807, 2.05) is 24.3 Å². The fourth-order valence-corrected chi connectivity index (χ4v) is 5.62. The third kappa shape index (κ3) is 6.81. The Balaban J connectivity index is 1.53. The van der Waals surface area contributed by atoms with E-state index >= 15 is 0 Å². The van der Waals surface area contributed by atoms with Crippen LogP contribution in [0.5, 0.6) is 5.75 Å². The highest BCUT2D eigenvalue weighted by Gasteiger charge is 2.23. The van der Waals surface area contributed by atoms with E-state index in [4.69, 9.17) is 9.47 Å². The van der Waals surface area contributed by atoms with Crippen LogP contribution in [0, 0.1) is 11.3 Å². The van der Waals surface area contributed by atoms with Crippen molar-refractivity contribution >= 4 is 17.5 Å². The number of thioether (sulfide) groups is 1. The van der Waals surface area contributed by atoms with Gasteiger partial charge in [-0.25, -0.2) is 0 Å². The number of phenols is 1. The van der Waals surface area contributed by atoms with E-state index < -0.39 is 0 Å². The molecule has 0 radical (unpaired) electrons. The molecule has 0 saturated carbocycles. The van der Waals surface area contributed by atoms with Crippen LogP contribution < -0.4 is 0 Å². The molecule has 2 atom stereocenters. The van der Waals surface area contributed by atoms with Gasteiger partial charge in [-0.15, -0.1) is 11.8 Å². The van der Waals surface area contributed by atoms with E-state index in [2.05, 4.69) is 37.3 Å². The smallest absolute Gasteiger partial charge is 0.163 e. The van der Waals surface area contributed by atoms with Crippen molar-refractivity contribution in [2.45, 2.75) is 69.0 Å². The Morgan fingerprint density at radius 2 is 1.97 bits per heavy atom. The number of benzene rings is 3. The second kappa shape index (κ2) is 12.9. The molecule has 0 amide bonds. The van der Waals surface area contributed by atoms with E-state index in [1.165, 1.54) is 6.92 Å². The predicted molar refractivity (Wildman–Crippen MR) is 146 cm³/mol. The van der Waals surface area contributed by atoms with E-state index in [9.17, 15) is 15.2 Å². The molecule has 0 aromatic heterocycles. The second-order valence-electron chi connectivity index (χ2n) is 9.32. The van der Waals surface area contributed by atoms with Crippen molar-refractivity contribution in [3.8, 4) is 11.8 Å². The standard InChI is InChI=1S/C31H33NO4S/c1-3-7-27-28(16-15-26(21(2)33)30(27)34)37-20-22-11-13-24(14-12-22)31(36-29-10-4-5-17-35-29)25-9-6-8-23(18-25)19-32/h6,8-9,11-16,18,29,31,34H,3-5,7,10,17,20H2,1-2H3.